The Hall–Kier alpha value is -3.53. The number of benzene rings is 1. The van der Waals surface area contributed by atoms with Crippen LogP contribution in [0.1, 0.15) is 44.5 Å². The lowest BCUT2D eigenvalue weighted by Gasteiger charge is -2.21. The summed E-state index contributed by atoms with van der Waals surface area (Å²) in [4.78, 5) is 18.9. The molecule has 3 aromatic rings. The third-order valence-electron chi connectivity index (χ3n) is 4.42. The number of pyridine rings is 1. The van der Waals surface area contributed by atoms with E-state index in [9.17, 15) is 15.2 Å². The van der Waals surface area contributed by atoms with Gasteiger partial charge in [0.1, 0.15) is 5.75 Å². The van der Waals surface area contributed by atoms with E-state index in [0.717, 1.165) is 10.1 Å². The first-order valence-corrected chi connectivity index (χ1v) is 8.96. The summed E-state index contributed by atoms with van der Waals surface area (Å²) >= 11 is 0. The first kappa shape index (κ1) is 19.2. The van der Waals surface area contributed by atoms with Crippen molar-refractivity contribution < 1.29 is 9.84 Å². The van der Waals surface area contributed by atoms with Crippen LogP contribution in [0.3, 0.4) is 0 Å². The number of ether oxygens (including phenoxy) is 1. The number of aromatic nitrogens is 3. The molecule has 0 atom stereocenters. The van der Waals surface area contributed by atoms with Crippen LogP contribution in [-0.2, 0) is 11.8 Å². The largest absolute Gasteiger partial charge is 0.493 e. The summed E-state index contributed by atoms with van der Waals surface area (Å²) in [6.45, 7) is 7.94. The van der Waals surface area contributed by atoms with Crippen molar-refractivity contribution in [2.75, 3.05) is 0 Å². The van der Waals surface area contributed by atoms with Crippen LogP contribution >= 0.6 is 0 Å². The molecule has 0 amide bonds. The van der Waals surface area contributed by atoms with Crippen molar-refractivity contribution >= 4 is 0 Å². The molecule has 2 heterocycles. The minimum absolute atomic E-state index is 0.120. The van der Waals surface area contributed by atoms with Crippen molar-refractivity contribution in [3.63, 3.8) is 0 Å². The second-order valence-electron chi connectivity index (χ2n) is 7.45. The molecule has 0 fully saturated rings. The standard InChI is InChI=1S/C21H22N4O3/c1-5-17-19(26)25(20(27)24-17)14-7-9-18(23-12-14)28-15-8-6-13(11-22)16(10-15)21(2,3)4/h6-10,12,26H,5H2,1-4H3,(H,24,27). The predicted octanol–water partition coefficient (Wildman–Crippen LogP) is 3.79. The van der Waals surface area contributed by atoms with Crippen LogP contribution < -0.4 is 10.4 Å². The maximum Gasteiger partial charge on any atom is 0.333 e. The molecule has 0 aliphatic carbocycles. The van der Waals surface area contributed by atoms with Crippen molar-refractivity contribution in [3.8, 4) is 29.3 Å². The molecule has 0 saturated carbocycles. The number of nitrogens with one attached hydrogen (secondary N) is 1. The minimum atomic E-state index is -0.424. The number of aromatic hydroxyl groups is 1. The molecule has 28 heavy (non-hydrogen) atoms. The van der Waals surface area contributed by atoms with Gasteiger partial charge in [-0.1, -0.05) is 27.7 Å². The molecule has 2 N–H and O–H groups in total. The number of nitrogens with zero attached hydrogens (tertiary/aromatic N) is 3. The maximum atomic E-state index is 12.1. The normalized spacial score (nSPS) is 11.2. The summed E-state index contributed by atoms with van der Waals surface area (Å²) in [6, 6.07) is 10.8. The fraction of sp³-hybridized carbons (Fsp3) is 0.286. The van der Waals surface area contributed by atoms with Crippen LogP contribution in [0.5, 0.6) is 17.5 Å². The summed E-state index contributed by atoms with van der Waals surface area (Å²) in [5, 5.41) is 19.5. The van der Waals surface area contributed by atoms with Gasteiger partial charge in [-0.2, -0.15) is 5.26 Å². The minimum Gasteiger partial charge on any atom is -0.493 e. The van der Waals surface area contributed by atoms with E-state index in [1.165, 1.54) is 6.20 Å². The van der Waals surface area contributed by atoms with E-state index in [-0.39, 0.29) is 11.3 Å². The predicted molar refractivity (Wildman–Crippen MR) is 105 cm³/mol. The number of hydrogen-bond donors (Lipinski definition) is 2. The molecule has 0 unspecified atom stereocenters. The molecule has 144 valence electrons. The topological polar surface area (TPSA) is 104 Å². The summed E-state index contributed by atoms with van der Waals surface area (Å²) in [5.74, 6) is 0.788. The lowest BCUT2D eigenvalue weighted by Crippen LogP contribution is -2.14. The Bertz CT molecular complexity index is 1100. The van der Waals surface area contributed by atoms with Crippen molar-refractivity contribution in [2.24, 2.45) is 0 Å². The number of nitriles is 1. The third-order valence-corrected chi connectivity index (χ3v) is 4.42. The second kappa shape index (κ2) is 7.24. The van der Waals surface area contributed by atoms with Gasteiger partial charge in [-0.25, -0.2) is 14.3 Å². The van der Waals surface area contributed by atoms with E-state index >= 15 is 0 Å². The van der Waals surface area contributed by atoms with E-state index in [2.05, 4.69) is 16.0 Å². The van der Waals surface area contributed by atoms with E-state index in [1.807, 2.05) is 33.8 Å². The average Bonchev–Trinajstić information content (AvgIpc) is 2.95. The fourth-order valence-corrected chi connectivity index (χ4v) is 2.95. The lowest BCUT2D eigenvalue weighted by molar-refractivity contribution is 0.434. The van der Waals surface area contributed by atoms with E-state index < -0.39 is 5.69 Å². The molecule has 1 aromatic carbocycles. The first-order chi connectivity index (χ1) is 13.2. The molecule has 0 saturated heterocycles. The van der Waals surface area contributed by atoms with Crippen molar-refractivity contribution in [1.82, 2.24) is 14.5 Å². The fourth-order valence-electron chi connectivity index (χ4n) is 2.95. The maximum absolute atomic E-state index is 12.1. The number of H-pyrrole nitrogens is 1. The average molecular weight is 378 g/mol. The van der Waals surface area contributed by atoms with Gasteiger partial charge in [-0.15, -0.1) is 0 Å². The Balaban J connectivity index is 1.89. The second-order valence-corrected chi connectivity index (χ2v) is 7.45. The molecular weight excluding hydrogens is 356 g/mol. The van der Waals surface area contributed by atoms with E-state index in [0.29, 0.717) is 35.0 Å². The highest BCUT2D eigenvalue weighted by Gasteiger charge is 2.19. The molecule has 0 aliphatic rings. The Labute approximate surface area is 162 Å². The molecule has 7 nitrogen and oxygen atoms in total. The molecule has 0 spiro atoms. The number of rotatable bonds is 4. The zero-order valence-electron chi connectivity index (χ0n) is 16.3. The van der Waals surface area contributed by atoms with Crippen LogP contribution in [0.15, 0.2) is 41.3 Å². The van der Waals surface area contributed by atoms with Gasteiger partial charge in [-0.3, -0.25) is 0 Å². The Morgan fingerprint density at radius 1 is 1.29 bits per heavy atom. The van der Waals surface area contributed by atoms with E-state index in [1.54, 1.807) is 24.3 Å². The Kier molecular flexibility index (Phi) is 4.97. The van der Waals surface area contributed by atoms with Crippen LogP contribution in [0.4, 0.5) is 0 Å². The quantitative estimate of drug-likeness (QED) is 0.719. The summed E-state index contributed by atoms with van der Waals surface area (Å²) < 4.78 is 6.97. The highest BCUT2D eigenvalue weighted by molar-refractivity contribution is 5.47. The molecule has 7 heteroatoms. The third kappa shape index (κ3) is 3.62. The van der Waals surface area contributed by atoms with Gasteiger partial charge >= 0.3 is 5.69 Å². The molecule has 0 radical (unpaired) electrons. The van der Waals surface area contributed by atoms with E-state index in [4.69, 9.17) is 4.74 Å². The van der Waals surface area contributed by atoms with Crippen LogP contribution in [0.2, 0.25) is 0 Å². The molecule has 2 aromatic heterocycles. The van der Waals surface area contributed by atoms with Gasteiger partial charge in [-0.05, 0) is 41.7 Å². The van der Waals surface area contributed by atoms with Crippen LogP contribution in [0, 0.1) is 11.3 Å². The number of hydrogen-bond acceptors (Lipinski definition) is 5. The van der Waals surface area contributed by atoms with Gasteiger partial charge < -0.3 is 14.8 Å². The highest BCUT2D eigenvalue weighted by Crippen LogP contribution is 2.31. The highest BCUT2D eigenvalue weighted by atomic mass is 16.5. The van der Waals surface area contributed by atoms with Gasteiger partial charge in [0.25, 0.3) is 0 Å². The Morgan fingerprint density at radius 2 is 2.04 bits per heavy atom. The molecule has 3 rings (SSSR count). The van der Waals surface area contributed by atoms with Gasteiger partial charge in [0, 0.05) is 6.07 Å². The van der Waals surface area contributed by atoms with Gasteiger partial charge in [0.05, 0.1) is 29.2 Å². The van der Waals surface area contributed by atoms with Crippen LogP contribution in [0.25, 0.3) is 5.69 Å². The monoisotopic (exact) mass is 378 g/mol. The zero-order valence-corrected chi connectivity index (χ0v) is 16.3. The number of imidazole rings is 1. The smallest absolute Gasteiger partial charge is 0.333 e. The number of aryl methyl sites for hydroxylation is 1. The molecule has 0 aliphatic heterocycles. The first-order valence-electron chi connectivity index (χ1n) is 8.96. The summed E-state index contributed by atoms with van der Waals surface area (Å²) in [6.07, 6.45) is 1.97. The van der Waals surface area contributed by atoms with Crippen molar-refractivity contribution in [1.29, 1.82) is 5.26 Å². The summed E-state index contributed by atoms with van der Waals surface area (Å²) in [7, 11) is 0. The zero-order chi connectivity index (χ0) is 20.5. The lowest BCUT2D eigenvalue weighted by atomic mass is 9.84. The SMILES string of the molecule is CCc1[nH]c(=O)n(-c2ccc(Oc3ccc(C#N)c(C(C)(C)C)c3)nc2)c1O. The van der Waals surface area contributed by atoms with Crippen molar-refractivity contribution in [3.05, 3.63) is 63.8 Å². The molecular formula is C21H22N4O3. The van der Waals surface area contributed by atoms with Gasteiger partial charge in [0.2, 0.25) is 11.8 Å². The summed E-state index contributed by atoms with van der Waals surface area (Å²) in [5.41, 5.74) is 1.77. The molecule has 0 bridgehead atoms. The number of aromatic amines is 1. The van der Waals surface area contributed by atoms with Crippen molar-refractivity contribution in [2.45, 2.75) is 39.5 Å². The Morgan fingerprint density at radius 3 is 2.57 bits per heavy atom. The van der Waals surface area contributed by atoms with Gasteiger partial charge in [0.15, 0.2) is 0 Å². The van der Waals surface area contributed by atoms with Crippen LogP contribution in [-0.4, -0.2) is 19.6 Å².